The number of hydrogen-bond donors (Lipinski definition) is 1. The fourth-order valence-corrected chi connectivity index (χ4v) is 3.98. The number of amides is 2. The molecule has 2 heterocycles. The molecule has 0 saturated carbocycles. The van der Waals surface area contributed by atoms with E-state index >= 15 is 0 Å². The predicted octanol–water partition coefficient (Wildman–Crippen LogP) is 3.32. The molecule has 25 heavy (non-hydrogen) atoms. The number of anilines is 2. The Labute approximate surface area is 150 Å². The van der Waals surface area contributed by atoms with Crippen molar-refractivity contribution < 1.29 is 9.59 Å². The smallest absolute Gasteiger partial charge is 0.247 e. The number of carbonyl (C=O) groups excluding carboxylic acids is 2. The number of carbonyl (C=O) groups is 2. The molecule has 2 fully saturated rings. The van der Waals surface area contributed by atoms with Crippen molar-refractivity contribution >= 4 is 23.2 Å². The lowest BCUT2D eigenvalue weighted by molar-refractivity contribution is -0.140. The summed E-state index contributed by atoms with van der Waals surface area (Å²) in [5.74, 6) is 0.00948. The summed E-state index contributed by atoms with van der Waals surface area (Å²) in [5, 5.41) is 3.03. The summed E-state index contributed by atoms with van der Waals surface area (Å²) in [5.41, 5.74) is 3.26. The van der Waals surface area contributed by atoms with E-state index in [1.54, 1.807) is 4.90 Å². The molecule has 2 saturated heterocycles. The van der Waals surface area contributed by atoms with E-state index < -0.39 is 0 Å². The minimum Gasteiger partial charge on any atom is -0.371 e. The molecule has 0 aliphatic carbocycles. The maximum absolute atomic E-state index is 12.7. The maximum atomic E-state index is 12.7. The van der Waals surface area contributed by atoms with Crippen LogP contribution < -0.4 is 10.2 Å². The molecule has 5 nitrogen and oxygen atoms in total. The molecule has 0 bridgehead atoms. The minimum absolute atomic E-state index is 0.0603. The van der Waals surface area contributed by atoms with Crippen molar-refractivity contribution in [1.29, 1.82) is 0 Å². The fourth-order valence-electron chi connectivity index (χ4n) is 3.98. The van der Waals surface area contributed by atoms with Crippen LogP contribution in [0.3, 0.4) is 0 Å². The van der Waals surface area contributed by atoms with Crippen molar-refractivity contribution in [2.45, 2.75) is 58.4 Å². The maximum Gasteiger partial charge on any atom is 0.247 e. The van der Waals surface area contributed by atoms with Gasteiger partial charge in [-0.3, -0.25) is 9.59 Å². The van der Waals surface area contributed by atoms with Crippen LogP contribution in [0.25, 0.3) is 0 Å². The topological polar surface area (TPSA) is 52.7 Å². The molecule has 136 valence electrons. The number of nitrogens with one attached hydrogen (secondary N) is 1. The lowest BCUT2D eigenvalue weighted by atomic mass is 10.0. The minimum atomic E-state index is -0.334. The molecule has 0 aromatic heterocycles. The molecule has 1 aromatic rings. The Bertz CT molecular complexity index is 638. The van der Waals surface area contributed by atoms with Gasteiger partial charge in [-0.05, 0) is 62.8 Å². The van der Waals surface area contributed by atoms with Crippen LogP contribution in [0, 0.1) is 6.92 Å². The van der Waals surface area contributed by atoms with E-state index in [0.29, 0.717) is 13.0 Å². The quantitative estimate of drug-likeness (QED) is 0.912. The van der Waals surface area contributed by atoms with E-state index in [9.17, 15) is 9.59 Å². The largest absolute Gasteiger partial charge is 0.371 e. The van der Waals surface area contributed by atoms with Crippen LogP contribution in [0.1, 0.15) is 51.0 Å². The van der Waals surface area contributed by atoms with E-state index in [1.807, 2.05) is 19.1 Å². The molecule has 0 unspecified atom stereocenters. The summed E-state index contributed by atoms with van der Waals surface area (Å²) in [6.07, 6.45) is 5.69. The average Bonchev–Trinajstić information content (AvgIpc) is 3.15. The average molecular weight is 343 g/mol. The van der Waals surface area contributed by atoms with Gasteiger partial charge < -0.3 is 15.1 Å². The second kappa shape index (κ2) is 7.89. The zero-order chi connectivity index (χ0) is 17.8. The lowest BCUT2D eigenvalue weighted by Gasteiger charge is -2.34. The number of aryl methyl sites for hydroxylation is 1. The Morgan fingerprint density at radius 1 is 1.12 bits per heavy atom. The first-order valence-electron chi connectivity index (χ1n) is 9.56. The summed E-state index contributed by atoms with van der Waals surface area (Å²) < 4.78 is 0. The number of benzene rings is 1. The Hall–Kier alpha value is -2.04. The summed E-state index contributed by atoms with van der Waals surface area (Å²) >= 11 is 0. The molecule has 2 amide bonds. The highest BCUT2D eigenvalue weighted by Gasteiger charge is 2.31. The van der Waals surface area contributed by atoms with Gasteiger partial charge in [-0.25, -0.2) is 0 Å². The second-order valence-electron chi connectivity index (χ2n) is 7.14. The van der Waals surface area contributed by atoms with Crippen LogP contribution in [-0.4, -0.2) is 42.4 Å². The number of nitrogens with zero attached hydrogens (tertiary/aromatic N) is 2. The van der Waals surface area contributed by atoms with Gasteiger partial charge in [0, 0.05) is 37.4 Å². The van der Waals surface area contributed by atoms with E-state index in [2.05, 4.69) is 23.2 Å². The first-order chi connectivity index (χ1) is 12.1. The van der Waals surface area contributed by atoms with Gasteiger partial charge in [0.25, 0.3) is 0 Å². The van der Waals surface area contributed by atoms with Crippen LogP contribution in [0.2, 0.25) is 0 Å². The lowest BCUT2D eigenvalue weighted by Crippen LogP contribution is -2.49. The normalized spacial score (nSPS) is 20.6. The molecule has 2 aliphatic rings. The van der Waals surface area contributed by atoms with Gasteiger partial charge in [-0.15, -0.1) is 0 Å². The van der Waals surface area contributed by atoms with Crippen molar-refractivity contribution in [2.24, 2.45) is 0 Å². The molecule has 0 radical (unpaired) electrons. The van der Waals surface area contributed by atoms with Gasteiger partial charge in [0.15, 0.2) is 0 Å². The highest BCUT2D eigenvalue weighted by atomic mass is 16.2. The molecule has 1 atom stereocenters. The molecular formula is C20H29N3O2. The van der Waals surface area contributed by atoms with Gasteiger partial charge in [-0.1, -0.05) is 6.92 Å². The summed E-state index contributed by atoms with van der Waals surface area (Å²) in [6, 6.07) is 5.79. The van der Waals surface area contributed by atoms with Crippen LogP contribution in [0.15, 0.2) is 18.2 Å². The van der Waals surface area contributed by atoms with Gasteiger partial charge in [0.1, 0.15) is 6.04 Å². The van der Waals surface area contributed by atoms with Crippen LogP contribution in [0.4, 0.5) is 11.4 Å². The third-order valence-electron chi connectivity index (χ3n) is 5.34. The molecule has 5 heteroatoms. The molecule has 3 rings (SSSR count). The standard InChI is InChI=1S/C20H29N3O2/c1-3-19(24)23-13-5-4-8-18(23)20(25)21-16-9-10-17(15(2)14-16)22-11-6-7-12-22/h9-10,14,18H,3-8,11-13H2,1-2H3,(H,21,25)/t18-/m0/s1. The third-order valence-corrected chi connectivity index (χ3v) is 5.34. The molecule has 0 spiro atoms. The van der Waals surface area contributed by atoms with Crippen molar-refractivity contribution in [2.75, 3.05) is 29.9 Å². The van der Waals surface area contributed by atoms with E-state index in [4.69, 9.17) is 0 Å². The summed E-state index contributed by atoms with van der Waals surface area (Å²) in [4.78, 5) is 29.0. The van der Waals surface area contributed by atoms with Gasteiger partial charge in [0.05, 0.1) is 0 Å². The van der Waals surface area contributed by atoms with E-state index in [0.717, 1.165) is 38.0 Å². The highest BCUT2D eigenvalue weighted by Crippen LogP contribution is 2.27. The number of hydrogen-bond acceptors (Lipinski definition) is 3. The van der Waals surface area contributed by atoms with Crippen LogP contribution >= 0.6 is 0 Å². The van der Waals surface area contributed by atoms with E-state index in [-0.39, 0.29) is 17.9 Å². The molecule has 1 aromatic carbocycles. The first-order valence-corrected chi connectivity index (χ1v) is 9.56. The van der Waals surface area contributed by atoms with Crippen molar-refractivity contribution in [3.63, 3.8) is 0 Å². The zero-order valence-electron chi connectivity index (χ0n) is 15.4. The number of piperidine rings is 1. The summed E-state index contributed by atoms with van der Waals surface area (Å²) in [6.45, 7) is 6.87. The van der Waals surface area contributed by atoms with Crippen molar-refractivity contribution in [3.05, 3.63) is 23.8 Å². The first kappa shape index (κ1) is 17.8. The third kappa shape index (κ3) is 3.97. The molecule has 2 aliphatic heterocycles. The Balaban J connectivity index is 1.69. The Morgan fingerprint density at radius 3 is 2.52 bits per heavy atom. The predicted molar refractivity (Wildman–Crippen MR) is 101 cm³/mol. The molecular weight excluding hydrogens is 314 g/mol. The second-order valence-corrected chi connectivity index (χ2v) is 7.14. The van der Waals surface area contributed by atoms with Crippen molar-refractivity contribution in [3.8, 4) is 0 Å². The van der Waals surface area contributed by atoms with Crippen LogP contribution in [-0.2, 0) is 9.59 Å². The van der Waals surface area contributed by atoms with Gasteiger partial charge in [-0.2, -0.15) is 0 Å². The SMILES string of the molecule is CCC(=O)N1CCCC[C@H]1C(=O)Nc1ccc(N2CCCC2)c(C)c1. The van der Waals surface area contributed by atoms with Crippen molar-refractivity contribution in [1.82, 2.24) is 4.90 Å². The summed E-state index contributed by atoms with van der Waals surface area (Å²) in [7, 11) is 0. The van der Waals surface area contributed by atoms with Crippen LogP contribution in [0.5, 0.6) is 0 Å². The zero-order valence-corrected chi connectivity index (χ0v) is 15.4. The van der Waals surface area contributed by atoms with Gasteiger partial charge in [0.2, 0.25) is 11.8 Å². The number of rotatable bonds is 4. The Kier molecular flexibility index (Phi) is 5.61. The Morgan fingerprint density at radius 2 is 1.84 bits per heavy atom. The van der Waals surface area contributed by atoms with Gasteiger partial charge >= 0.3 is 0 Å². The fraction of sp³-hybridized carbons (Fsp3) is 0.600. The highest BCUT2D eigenvalue weighted by molar-refractivity contribution is 5.97. The monoisotopic (exact) mass is 343 g/mol. The number of likely N-dealkylation sites (tertiary alicyclic amines) is 1. The molecule has 1 N–H and O–H groups in total. The van der Waals surface area contributed by atoms with E-state index in [1.165, 1.54) is 24.1 Å².